The molecule has 1 aromatic rings. The molecule has 0 aliphatic rings. The minimum Gasteiger partial charge on any atom is -0.396 e. The van der Waals surface area contributed by atoms with E-state index in [-0.39, 0.29) is 24.8 Å². The SMILES string of the molecule is CC(c1ccc(Cl)cc1)N(C)S(=O)(=O)CCCO. The summed E-state index contributed by atoms with van der Waals surface area (Å²) in [5.41, 5.74) is 0.884. The van der Waals surface area contributed by atoms with E-state index in [1.54, 1.807) is 19.2 Å². The Kier molecular flexibility index (Phi) is 5.59. The highest BCUT2D eigenvalue weighted by Gasteiger charge is 2.23. The summed E-state index contributed by atoms with van der Waals surface area (Å²) in [5, 5.41) is 9.32. The van der Waals surface area contributed by atoms with Crippen molar-refractivity contribution in [2.45, 2.75) is 19.4 Å². The van der Waals surface area contributed by atoms with Gasteiger partial charge in [0.1, 0.15) is 0 Å². The monoisotopic (exact) mass is 291 g/mol. The van der Waals surface area contributed by atoms with Crippen LogP contribution in [-0.2, 0) is 10.0 Å². The summed E-state index contributed by atoms with van der Waals surface area (Å²) in [5.74, 6) is -0.0437. The van der Waals surface area contributed by atoms with Crippen LogP contribution in [0.15, 0.2) is 24.3 Å². The van der Waals surface area contributed by atoms with Gasteiger partial charge in [-0.2, -0.15) is 4.31 Å². The van der Waals surface area contributed by atoms with E-state index in [0.717, 1.165) is 5.56 Å². The molecule has 6 heteroatoms. The van der Waals surface area contributed by atoms with Crippen molar-refractivity contribution in [2.75, 3.05) is 19.4 Å². The van der Waals surface area contributed by atoms with E-state index >= 15 is 0 Å². The summed E-state index contributed by atoms with van der Waals surface area (Å²) in [6.45, 7) is 1.70. The van der Waals surface area contributed by atoms with E-state index in [0.29, 0.717) is 5.02 Å². The van der Waals surface area contributed by atoms with Crippen molar-refractivity contribution >= 4 is 21.6 Å². The molecule has 0 saturated heterocycles. The zero-order chi connectivity index (χ0) is 13.8. The number of nitrogens with zero attached hydrogens (tertiary/aromatic N) is 1. The standard InChI is InChI=1S/C12H18ClNO3S/c1-10(11-4-6-12(13)7-5-11)14(2)18(16,17)9-3-8-15/h4-7,10,15H,3,8-9H2,1-2H3. The summed E-state index contributed by atoms with van der Waals surface area (Å²) >= 11 is 5.79. The fourth-order valence-electron chi connectivity index (χ4n) is 1.58. The lowest BCUT2D eigenvalue weighted by Gasteiger charge is -2.24. The molecule has 0 aliphatic heterocycles. The third kappa shape index (κ3) is 3.95. The summed E-state index contributed by atoms with van der Waals surface area (Å²) < 4.78 is 25.2. The first-order chi connectivity index (χ1) is 8.38. The number of sulfonamides is 1. The molecule has 0 saturated carbocycles. The number of aliphatic hydroxyl groups excluding tert-OH is 1. The van der Waals surface area contributed by atoms with Gasteiger partial charge in [-0.15, -0.1) is 0 Å². The van der Waals surface area contributed by atoms with Crippen LogP contribution in [-0.4, -0.2) is 37.2 Å². The molecule has 1 rings (SSSR count). The van der Waals surface area contributed by atoms with E-state index in [1.807, 2.05) is 19.1 Å². The van der Waals surface area contributed by atoms with Crippen LogP contribution in [0.1, 0.15) is 24.9 Å². The van der Waals surface area contributed by atoms with Crippen molar-refractivity contribution < 1.29 is 13.5 Å². The fourth-order valence-corrected chi connectivity index (χ4v) is 3.09. The number of benzene rings is 1. The maximum atomic E-state index is 12.0. The molecular weight excluding hydrogens is 274 g/mol. The second-order valence-corrected chi connectivity index (χ2v) is 6.72. The smallest absolute Gasteiger partial charge is 0.214 e. The Morgan fingerprint density at radius 2 is 1.89 bits per heavy atom. The van der Waals surface area contributed by atoms with Gasteiger partial charge < -0.3 is 5.11 Å². The largest absolute Gasteiger partial charge is 0.396 e. The maximum absolute atomic E-state index is 12.0. The summed E-state index contributed by atoms with van der Waals surface area (Å²) in [7, 11) is -1.79. The normalized spacial score (nSPS) is 13.8. The summed E-state index contributed by atoms with van der Waals surface area (Å²) in [6.07, 6.45) is 0.250. The van der Waals surface area contributed by atoms with Crippen molar-refractivity contribution in [1.29, 1.82) is 0 Å². The highest BCUT2D eigenvalue weighted by Crippen LogP contribution is 2.23. The quantitative estimate of drug-likeness (QED) is 0.873. The molecule has 1 aromatic carbocycles. The van der Waals surface area contributed by atoms with Crippen molar-refractivity contribution in [1.82, 2.24) is 4.31 Å². The van der Waals surface area contributed by atoms with Crippen molar-refractivity contribution in [3.05, 3.63) is 34.9 Å². The maximum Gasteiger partial charge on any atom is 0.214 e. The Hall–Kier alpha value is -0.620. The van der Waals surface area contributed by atoms with Gasteiger partial charge in [-0.25, -0.2) is 8.42 Å². The van der Waals surface area contributed by atoms with E-state index < -0.39 is 10.0 Å². The number of rotatable bonds is 6. The Morgan fingerprint density at radius 3 is 2.39 bits per heavy atom. The van der Waals surface area contributed by atoms with Gasteiger partial charge in [0, 0.05) is 24.7 Å². The van der Waals surface area contributed by atoms with Gasteiger partial charge in [0.15, 0.2) is 0 Å². The predicted octanol–water partition coefficient (Wildman–Crippen LogP) is 2.05. The van der Waals surface area contributed by atoms with E-state index in [2.05, 4.69) is 0 Å². The lowest BCUT2D eigenvalue weighted by atomic mass is 10.1. The zero-order valence-electron chi connectivity index (χ0n) is 10.5. The molecule has 1 N–H and O–H groups in total. The Balaban J connectivity index is 2.83. The van der Waals surface area contributed by atoms with Crippen LogP contribution in [0.5, 0.6) is 0 Å². The molecule has 4 nitrogen and oxygen atoms in total. The topological polar surface area (TPSA) is 57.6 Å². The fraction of sp³-hybridized carbons (Fsp3) is 0.500. The zero-order valence-corrected chi connectivity index (χ0v) is 12.1. The molecule has 0 aliphatic carbocycles. The van der Waals surface area contributed by atoms with Gasteiger partial charge in [0.05, 0.1) is 5.75 Å². The molecule has 0 spiro atoms. The van der Waals surface area contributed by atoms with Gasteiger partial charge in [-0.3, -0.25) is 0 Å². The molecule has 0 fully saturated rings. The molecule has 1 atom stereocenters. The first-order valence-corrected chi connectivity index (χ1v) is 7.69. The lowest BCUT2D eigenvalue weighted by molar-refractivity contribution is 0.293. The Bertz CT molecular complexity index is 473. The van der Waals surface area contributed by atoms with Crippen molar-refractivity contribution in [3.63, 3.8) is 0 Å². The molecule has 1 unspecified atom stereocenters. The third-order valence-corrected chi connectivity index (χ3v) is 5.15. The van der Waals surface area contributed by atoms with Crippen LogP contribution in [0.3, 0.4) is 0 Å². The van der Waals surface area contributed by atoms with E-state index in [1.165, 1.54) is 4.31 Å². The van der Waals surface area contributed by atoms with Gasteiger partial charge >= 0.3 is 0 Å². The molecular formula is C12H18ClNO3S. The first kappa shape index (κ1) is 15.4. The molecule has 102 valence electrons. The van der Waals surface area contributed by atoms with Crippen LogP contribution in [0.25, 0.3) is 0 Å². The molecule has 18 heavy (non-hydrogen) atoms. The third-order valence-electron chi connectivity index (χ3n) is 2.90. The van der Waals surface area contributed by atoms with Crippen LogP contribution in [0, 0.1) is 0 Å². The summed E-state index contributed by atoms with van der Waals surface area (Å²) in [6, 6.07) is 6.84. The molecule has 0 bridgehead atoms. The number of hydrogen-bond acceptors (Lipinski definition) is 3. The van der Waals surface area contributed by atoms with Gasteiger partial charge in [0.25, 0.3) is 0 Å². The Labute approximate surface area is 113 Å². The van der Waals surface area contributed by atoms with Gasteiger partial charge in [-0.05, 0) is 31.0 Å². The first-order valence-electron chi connectivity index (χ1n) is 5.70. The second-order valence-electron chi connectivity index (χ2n) is 4.14. The highest BCUT2D eigenvalue weighted by atomic mass is 35.5. The molecule has 0 heterocycles. The molecule has 0 radical (unpaired) electrons. The van der Waals surface area contributed by atoms with Crippen LogP contribution < -0.4 is 0 Å². The average molecular weight is 292 g/mol. The van der Waals surface area contributed by atoms with Gasteiger partial charge in [-0.1, -0.05) is 23.7 Å². The number of aliphatic hydroxyl groups is 1. The lowest BCUT2D eigenvalue weighted by Crippen LogP contribution is -2.32. The minimum atomic E-state index is -3.34. The predicted molar refractivity (Wildman–Crippen MR) is 73.1 cm³/mol. The van der Waals surface area contributed by atoms with E-state index in [4.69, 9.17) is 16.7 Å². The number of hydrogen-bond donors (Lipinski definition) is 1. The van der Waals surface area contributed by atoms with Crippen LogP contribution in [0.2, 0.25) is 5.02 Å². The van der Waals surface area contributed by atoms with Crippen LogP contribution >= 0.6 is 11.6 Å². The van der Waals surface area contributed by atoms with Gasteiger partial charge in [0.2, 0.25) is 10.0 Å². The average Bonchev–Trinajstić information content (AvgIpc) is 2.35. The minimum absolute atomic E-state index is 0.0437. The number of halogens is 1. The summed E-state index contributed by atoms with van der Waals surface area (Å²) in [4.78, 5) is 0. The highest BCUT2D eigenvalue weighted by molar-refractivity contribution is 7.89. The van der Waals surface area contributed by atoms with Crippen molar-refractivity contribution in [3.8, 4) is 0 Å². The second kappa shape index (κ2) is 6.52. The molecule has 0 amide bonds. The Morgan fingerprint density at radius 1 is 1.33 bits per heavy atom. The van der Waals surface area contributed by atoms with E-state index in [9.17, 15) is 8.42 Å². The van der Waals surface area contributed by atoms with Crippen molar-refractivity contribution in [2.24, 2.45) is 0 Å². The molecule has 0 aromatic heterocycles. The van der Waals surface area contributed by atoms with Crippen LogP contribution in [0.4, 0.5) is 0 Å².